The van der Waals surface area contributed by atoms with Crippen molar-refractivity contribution in [2.24, 2.45) is 0 Å². The Hall–Kier alpha value is -2.37. The largest absolute Gasteiger partial charge is 0.348 e. The van der Waals surface area contributed by atoms with E-state index in [4.69, 9.17) is 0 Å². The second kappa shape index (κ2) is 6.81. The number of carbonyl (C=O) groups excluding carboxylic acids is 1. The van der Waals surface area contributed by atoms with Crippen LogP contribution in [0.4, 0.5) is 0 Å². The van der Waals surface area contributed by atoms with Gasteiger partial charge in [0.25, 0.3) is 0 Å². The molecule has 1 aliphatic rings. The highest BCUT2D eigenvalue weighted by atomic mass is 16.2. The molecule has 2 aromatic rings. The zero-order valence-corrected chi connectivity index (χ0v) is 13.4. The summed E-state index contributed by atoms with van der Waals surface area (Å²) in [4.78, 5) is 24.6. The standard InChI is InChI=1S/C17H22N4O2/c1-13(14-8-4-2-5-9-14)18-16(22)12-21-17(23)20-11-7-3-6-10-15(20)19-21/h2,4-5,8-9,13H,3,6-7,10-12H2,1H3,(H,18,22). The first-order valence-electron chi connectivity index (χ1n) is 8.16. The summed E-state index contributed by atoms with van der Waals surface area (Å²) in [5, 5.41) is 7.25. The van der Waals surface area contributed by atoms with Crippen molar-refractivity contribution in [3.63, 3.8) is 0 Å². The van der Waals surface area contributed by atoms with Crippen LogP contribution in [0, 0.1) is 0 Å². The topological polar surface area (TPSA) is 68.9 Å². The molecule has 1 aromatic heterocycles. The first kappa shape index (κ1) is 15.5. The van der Waals surface area contributed by atoms with E-state index < -0.39 is 0 Å². The van der Waals surface area contributed by atoms with E-state index in [0.717, 1.165) is 37.1 Å². The van der Waals surface area contributed by atoms with Crippen molar-refractivity contribution in [1.82, 2.24) is 19.7 Å². The van der Waals surface area contributed by atoms with E-state index in [0.29, 0.717) is 6.54 Å². The number of amides is 1. The minimum Gasteiger partial charge on any atom is -0.348 e. The van der Waals surface area contributed by atoms with Crippen LogP contribution in [0.5, 0.6) is 0 Å². The van der Waals surface area contributed by atoms with Crippen LogP contribution in [0.2, 0.25) is 0 Å². The highest BCUT2D eigenvalue weighted by molar-refractivity contribution is 5.76. The first-order valence-corrected chi connectivity index (χ1v) is 8.16. The summed E-state index contributed by atoms with van der Waals surface area (Å²) in [6, 6.07) is 9.66. The molecule has 1 unspecified atom stereocenters. The summed E-state index contributed by atoms with van der Waals surface area (Å²) in [6.45, 7) is 2.60. The zero-order valence-electron chi connectivity index (χ0n) is 13.4. The van der Waals surface area contributed by atoms with Gasteiger partial charge in [-0.25, -0.2) is 9.48 Å². The van der Waals surface area contributed by atoms with E-state index in [1.807, 2.05) is 37.3 Å². The number of fused-ring (bicyclic) bond motifs is 1. The van der Waals surface area contributed by atoms with Crippen LogP contribution in [-0.4, -0.2) is 20.3 Å². The monoisotopic (exact) mass is 314 g/mol. The molecule has 0 radical (unpaired) electrons. The minimum atomic E-state index is -0.197. The molecule has 1 amide bonds. The number of aryl methyl sites for hydroxylation is 1. The van der Waals surface area contributed by atoms with E-state index >= 15 is 0 Å². The third-order valence-corrected chi connectivity index (χ3v) is 4.25. The number of nitrogens with zero attached hydrogens (tertiary/aromatic N) is 3. The molecule has 1 N–H and O–H groups in total. The van der Waals surface area contributed by atoms with Gasteiger partial charge in [-0.3, -0.25) is 9.36 Å². The number of benzene rings is 1. The number of hydrogen-bond donors (Lipinski definition) is 1. The van der Waals surface area contributed by atoms with Gasteiger partial charge in [0.1, 0.15) is 12.4 Å². The second-order valence-corrected chi connectivity index (χ2v) is 6.02. The van der Waals surface area contributed by atoms with Crippen LogP contribution >= 0.6 is 0 Å². The lowest BCUT2D eigenvalue weighted by molar-refractivity contribution is -0.122. The van der Waals surface area contributed by atoms with Gasteiger partial charge in [0.15, 0.2) is 0 Å². The molecule has 23 heavy (non-hydrogen) atoms. The van der Waals surface area contributed by atoms with Gasteiger partial charge in [0.2, 0.25) is 5.91 Å². The number of hydrogen-bond acceptors (Lipinski definition) is 3. The van der Waals surface area contributed by atoms with Gasteiger partial charge in [0, 0.05) is 13.0 Å². The lowest BCUT2D eigenvalue weighted by Crippen LogP contribution is -2.35. The van der Waals surface area contributed by atoms with Crippen molar-refractivity contribution in [3.8, 4) is 0 Å². The summed E-state index contributed by atoms with van der Waals surface area (Å²) < 4.78 is 2.99. The fourth-order valence-electron chi connectivity index (χ4n) is 2.98. The van der Waals surface area contributed by atoms with Crippen molar-refractivity contribution in [1.29, 1.82) is 0 Å². The smallest absolute Gasteiger partial charge is 0.346 e. The van der Waals surface area contributed by atoms with Gasteiger partial charge >= 0.3 is 5.69 Å². The van der Waals surface area contributed by atoms with Crippen LogP contribution in [0.3, 0.4) is 0 Å². The number of nitrogens with one attached hydrogen (secondary N) is 1. The molecule has 0 fully saturated rings. The quantitative estimate of drug-likeness (QED) is 0.933. The Labute approximate surface area is 135 Å². The van der Waals surface area contributed by atoms with E-state index in [1.165, 1.54) is 4.68 Å². The van der Waals surface area contributed by atoms with Gasteiger partial charge in [-0.2, -0.15) is 5.10 Å². The molecule has 6 heteroatoms. The highest BCUT2D eigenvalue weighted by Crippen LogP contribution is 2.12. The molecular formula is C17H22N4O2. The fraction of sp³-hybridized carbons (Fsp3) is 0.471. The third kappa shape index (κ3) is 3.52. The second-order valence-electron chi connectivity index (χ2n) is 6.02. The summed E-state index contributed by atoms with van der Waals surface area (Å²) in [6.07, 6.45) is 3.98. The van der Waals surface area contributed by atoms with Crippen molar-refractivity contribution in [2.75, 3.05) is 0 Å². The Morgan fingerprint density at radius 2 is 2.04 bits per heavy atom. The van der Waals surface area contributed by atoms with Gasteiger partial charge < -0.3 is 5.32 Å². The molecule has 0 bridgehead atoms. The molecule has 6 nitrogen and oxygen atoms in total. The van der Waals surface area contributed by atoms with E-state index in [-0.39, 0.29) is 24.2 Å². The zero-order chi connectivity index (χ0) is 16.2. The van der Waals surface area contributed by atoms with Crippen molar-refractivity contribution in [3.05, 3.63) is 52.2 Å². The lowest BCUT2D eigenvalue weighted by atomic mass is 10.1. The van der Waals surface area contributed by atoms with E-state index in [9.17, 15) is 9.59 Å². The Kier molecular flexibility index (Phi) is 4.60. The van der Waals surface area contributed by atoms with E-state index in [2.05, 4.69) is 10.4 Å². The molecule has 1 atom stereocenters. The van der Waals surface area contributed by atoms with Crippen LogP contribution in [0.25, 0.3) is 0 Å². The number of rotatable bonds is 4. The molecule has 0 spiro atoms. The maximum absolute atomic E-state index is 12.3. The Morgan fingerprint density at radius 1 is 1.26 bits per heavy atom. The summed E-state index contributed by atoms with van der Waals surface area (Å²) >= 11 is 0. The predicted octanol–water partition coefficient (Wildman–Crippen LogP) is 1.65. The van der Waals surface area contributed by atoms with Gasteiger partial charge in [-0.05, 0) is 25.3 Å². The fourth-order valence-corrected chi connectivity index (χ4v) is 2.98. The molecule has 3 rings (SSSR count). The van der Waals surface area contributed by atoms with Gasteiger partial charge in [-0.15, -0.1) is 0 Å². The molecule has 122 valence electrons. The molecular weight excluding hydrogens is 292 g/mol. The molecule has 0 saturated heterocycles. The first-order chi connectivity index (χ1) is 11.1. The molecule has 2 heterocycles. The van der Waals surface area contributed by atoms with Crippen LogP contribution in [0.15, 0.2) is 35.1 Å². The Bertz CT molecular complexity index is 733. The maximum Gasteiger partial charge on any atom is 0.346 e. The van der Waals surface area contributed by atoms with Crippen LogP contribution < -0.4 is 11.0 Å². The molecule has 0 saturated carbocycles. The molecule has 1 aromatic carbocycles. The average molecular weight is 314 g/mol. The van der Waals surface area contributed by atoms with Gasteiger partial charge in [-0.1, -0.05) is 36.8 Å². The van der Waals surface area contributed by atoms with Crippen molar-refractivity contribution in [2.45, 2.75) is 51.7 Å². The Morgan fingerprint density at radius 3 is 2.83 bits per heavy atom. The number of aromatic nitrogens is 3. The SMILES string of the molecule is CC(NC(=O)Cn1nc2n(c1=O)CCCCC2)c1ccccc1. The van der Waals surface area contributed by atoms with Crippen molar-refractivity contribution >= 4 is 5.91 Å². The highest BCUT2D eigenvalue weighted by Gasteiger charge is 2.18. The van der Waals surface area contributed by atoms with Crippen LogP contribution in [0.1, 0.15) is 43.6 Å². The molecule has 1 aliphatic heterocycles. The van der Waals surface area contributed by atoms with Gasteiger partial charge in [0.05, 0.1) is 6.04 Å². The van der Waals surface area contributed by atoms with Crippen molar-refractivity contribution < 1.29 is 4.79 Å². The predicted molar refractivity (Wildman–Crippen MR) is 87.0 cm³/mol. The van der Waals surface area contributed by atoms with E-state index in [1.54, 1.807) is 4.57 Å². The average Bonchev–Trinajstić information content (AvgIpc) is 2.73. The maximum atomic E-state index is 12.3. The molecule has 0 aliphatic carbocycles. The minimum absolute atomic E-state index is 0.0317. The summed E-state index contributed by atoms with van der Waals surface area (Å²) in [5.74, 6) is 0.605. The lowest BCUT2D eigenvalue weighted by Gasteiger charge is -2.13. The number of carbonyl (C=O) groups is 1. The summed E-state index contributed by atoms with van der Waals surface area (Å²) in [5.41, 5.74) is 0.859. The normalized spacial score (nSPS) is 15.5. The Balaban J connectivity index is 1.68. The third-order valence-electron chi connectivity index (χ3n) is 4.25. The summed E-state index contributed by atoms with van der Waals surface area (Å²) in [7, 11) is 0. The van der Waals surface area contributed by atoms with Crippen LogP contribution in [-0.2, 0) is 24.3 Å².